The summed E-state index contributed by atoms with van der Waals surface area (Å²) in [6.07, 6.45) is 4.90. The first-order valence-corrected chi connectivity index (χ1v) is 11.4. The van der Waals surface area contributed by atoms with Crippen LogP contribution in [0.1, 0.15) is 16.9 Å². The Morgan fingerprint density at radius 3 is 2.65 bits per heavy atom. The summed E-state index contributed by atoms with van der Waals surface area (Å²) in [5.41, 5.74) is 1.54. The summed E-state index contributed by atoms with van der Waals surface area (Å²) in [5, 5.41) is 9.68. The normalized spacial score (nSPS) is 16.9. The third-order valence-electron chi connectivity index (χ3n) is 4.27. The molecule has 3 aromatic rings. The molecule has 1 amide bonds. The highest BCUT2D eigenvalue weighted by Gasteiger charge is 2.34. The summed E-state index contributed by atoms with van der Waals surface area (Å²) < 4.78 is 6.38. The molecule has 0 radical (unpaired) electrons. The monoisotopic (exact) mass is 533 g/mol. The topological polar surface area (TPSA) is 58.2 Å². The zero-order valence-electron chi connectivity index (χ0n) is 15.8. The second-order valence-corrected chi connectivity index (χ2v) is 9.11. The maximum Gasteiger partial charge on any atom is 0.267 e. The van der Waals surface area contributed by atoms with Gasteiger partial charge in [-0.05, 0) is 53.7 Å². The molecule has 0 spiro atoms. The van der Waals surface area contributed by atoms with Gasteiger partial charge in [-0.2, -0.15) is 5.10 Å². The van der Waals surface area contributed by atoms with E-state index in [4.69, 9.17) is 27.6 Å². The van der Waals surface area contributed by atoms with E-state index in [1.807, 2.05) is 30.3 Å². The molecule has 1 aliphatic heterocycles. The van der Waals surface area contributed by atoms with Crippen LogP contribution in [0.2, 0.25) is 10.0 Å². The fraction of sp³-hybridized carbons (Fsp3) is 0.0455. The summed E-state index contributed by atoms with van der Waals surface area (Å²) in [4.78, 5) is 15.1. The molecule has 0 saturated carbocycles. The average molecular weight is 535 g/mol. The first-order chi connectivity index (χ1) is 15.0. The Kier molecular flexibility index (Phi) is 6.97. The fourth-order valence-corrected chi connectivity index (χ4v) is 4.31. The molecule has 2 heterocycles. The van der Waals surface area contributed by atoms with Gasteiger partial charge in [0.25, 0.3) is 5.91 Å². The minimum absolute atomic E-state index is 0.168. The van der Waals surface area contributed by atoms with E-state index in [2.05, 4.69) is 26.1 Å². The number of hydrogen-bond donors (Lipinski definition) is 0. The standard InChI is InChI=1S/C22H14BrCl2N3O2S/c23-16-8-6-14(7-9-16)11-19-21(29)28(13-17-4-2-10-30-17)22(31-19)27-26-12-15-3-1-5-18(24)20(15)25/h1-12H,13H2/b19-11-,26-12-,27-22+. The molecule has 156 valence electrons. The van der Waals surface area contributed by atoms with Crippen LogP contribution in [-0.4, -0.2) is 22.2 Å². The summed E-state index contributed by atoms with van der Waals surface area (Å²) in [5.74, 6) is 0.479. The Morgan fingerprint density at radius 1 is 1.10 bits per heavy atom. The minimum Gasteiger partial charge on any atom is -0.467 e. The van der Waals surface area contributed by atoms with Crippen LogP contribution in [-0.2, 0) is 11.3 Å². The molecule has 1 saturated heterocycles. The van der Waals surface area contributed by atoms with E-state index >= 15 is 0 Å². The summed E-state index contributed by atoms with van der Waals surface area (Å²) in [6, 6.07) is 16.5. The number of furan rings is 1. The molecule has 0 aliphatic carbocycles. The zero-order valence-corrected chi connectivity index (χ0v) is 19.7. The number of benzene rings is 2. The van der Waals surface area contributed by atoms with Crippen molar-refractivity contribution in [3.05, 3.63) is 97.2 Å². The summed E-state index contributed by atoms with van der Waals surface area (Å²) in [7, 11) is 0. The maximum atomic E-state index is 13.1. The minimum atomic E-state index is -0.168. The van der Waals surface area contributed by atoms with Crippen molar-refractivity contribution < 1.29 is 9.21 Å². The van der Waals surface area contributed by atoms with Gasteiger partial charge >= 0.3 is 0 Å². The van der Waals surface area contributed by atoms with Crippen LogP contribution >= 0.6 is 50.9 Å². The lowest BCUT2D eigenvalue weighted by Gasteiger charge is -2.12. The van der Waals surface area contributed by atoms with Crippen LogP contribution < -0.4 is 0 Å². The Hall–Kier alpha value is -2.32. The number of carbonyl (C=O) groups excluding carboxylic acids is 1. The quantitative estimate of drug-likeness (QED) is 0.204. The molecule has 0 atom stereocenters. The van der Waals surface area contributed by atoms with Gasteiger partial charge in [-0.25, -0.2) is 0 Å². The predicted molar refractivity (Wildman–Crippen MR) is 130 cm³/mol. The second kappa shape index (κ2) is 9.87. The molecule has 1 aliphatic rings. The number of hydrogen-bond acceptors (Lipinski definition) is 5. The smallest absolute Gasteiger partial charge is 0.267 e. The van der Waals surface area contributed by atoms with E-state index in [-0.39, 0.29) is 12.5 Å². The molecule has 0 N–H and O–H groups in total. The van der Waals surface area contributed by atoms with E-state index in [0.717, 1.165) is 10.0 Å². The highest BCUT2D eigenvalue weighted by atomic mass is 79.9. The number of carbonyl (C=O) groups is 1. The van der Waals surface area contributed by atoms with Crippen molar-refractivity contribution in [2.45, 2.75) is 6.54 Å². The van der Waals surface area contributed by atoms with Crippen LogP contribution in [0.15, 0.2) is 84.9 Å². The van der Waals surface area contributed by atoms with Crippen molar-refractivity contribution in [3.8, 4) is 0 Å². The lowest BCUT2D eigenvalue weighted by molar-refractivity contribution is -0.122. The van der Waals surface area contributed by atoms with Gasteiger partial charge in [0.15, 0.2) is 5.17 Å². The third-order valence-corrected chi connectivity index (χ3v) is 6.63. The van der Waals surface area contributed by atoms with E-state index < -0.39 is 0 Å². The van der Waals surface area contributed by atoms with Gasteiger partial charge in [0.05, 0.1) is 34.0 Å². The average Bonchev–Trinajstić information content (AvgIpc) is 3.37. The largest absolute Gasteiger partial charge is 0.467 e. The van der Waals surface area contributed by atoms with Crippen molar-refractivity contribution in [1.29, 1.82) is 0 Å². The summed E-state index contributed by atoms with van der Waals surface area (Å²) in [6.45, 7) is 0.253. The van der Waals surface area contributed by atoms with Crippen LogP contribution in [0, 0.1) is 0 Å². The molecule has 0 bridgehead atoms. The maximum absolute atomic E-state index is 13.1. The molecular weight excluding hydrogens is 521 g/mol. The van der Waals surface area contributed by atoms with Gasteiger partial charge in [-0.3, -0.25) is 9.69 Å². The Balaban J connectivity index is 1.63. The van der Waals surface area contributed by atoms with Gasteiger partial charge in [0.2, 0.25) is 0 Å². The van der Waals surface area contributed by atoms with E-state index in [1.54, 1.807) is 36.6 Å². The lowest BCUT2D eigenvalue weighted by Crippen LogP contribution is -2.28. The van der Waals surface area contributed by atoms with Crippen molar-refractivity contribution >= 4 is 74.3 Å². The lowest BCUT2D eigenvalue weighted by atomic mass is 10.2. The number of amides is 1. The number of halogens is 3. The molecule has 0 unspecified atom stereocenters. The predicted octanol–water partition coefficient (Wildman–Crippen LogP) is 6.86. The van der Waals surface area contributed by atoms with Gasteiger partial charge in [-0.1, -0.05) is 63.4 Å². The Bertz CT molecular complexity index is 1190. The van der Waals surface area contributed by atoms with E-state index in [9.17, 15) is 4.79 Å². The molecule has 9 heteroatoms. The van der Waals surface area contributed by atoms with E-state index in [1.165, 1.54) is 22.9 Å². The number of nitrogens with zero attached hydrogens (tertiary/aromatic N) is 3. The van der Waals surface area contributed by atoms with Crippen molar-refractivity contribution in [3.63, 3.8) is 0 Å². The molecule has 1 fully saturated rings. The fourth-order valence-electron chi connectivity index (χ4n) is 2.75. The highest BCUT2D eigenvalue weighted by molar-refractivity contribution is 9.10. The van der Waals surface area contributed by atoms with E-state index in [0.29, 0.717) is 31.4 Å². The Morgan fingerprint density at radius 2 is 1.90 bits per heavy atom. The van der Waals surface area contributed by atoms with Crippen LogP contribution in [0.5, 0.6) is 0 Å². The zero-order chi connectivity index (χ0) is 21.8. The van der Waals surface area contributed by atoms with Crippen molar-refractivity contribution in [1.82, 2.24) is 4.90 Å². The molecule has 5 nitrogen and oxygen atoms in total. The number of thioether (sulfide) groups is 1. The molecule has 2 aromatic carbocycles. The van der Waals surface area contributed by atoms with Crippen LogP contribution in [0.25, 0.3) is 6.08 Å². The number of rotatable bonds is 5. The number of amidine groups is 1. The van der Waals surface area contributed by atoms with Gasteiger partial charge in [0, 0.05) is 10.0 Å². The van der Waals surface area contributed by atoms with Crippen LogP contribution in [0.4, 0.5) is 0 Å². The molecule has 31 heavy (non-hydrogen) atoms. The first-order valence-electron chi connectivity index (χ1n) is 9.05. The highest BCUT2D eigenvalue weighted by Crippen LogP contribution is 2.34. The second-order valence-electron chi connectivity index (χ2n) is 6.40. The van der Waals surface area contributed by atoms with Gasteiger partial charge in [-0.15, -0.1) is 5.10 Å². The molecule has 1 aromatic heterocycles. The first kappa shape index (κ1) is 21.9. The Labute approximate surface area is 201 Å². The molecule has 4 rings (SSSR count). The molecular formula is C22H14BrCl2N3O2S. The summed E-state index contributed by atoms with van der Waals surface area (Å²) >= 11 is 16.9. The van der Waals surface area contributed by atoms with Crippen LogP contribution in [0.3, 0.4) is 0 Å². The SMILES string of the molecule is O=C1/C(=C/c2ccc(Br)cc2)S/C(=N/N=C\c2cccc(Cl)c2Cl)N1Cc1ccco1. The third kappa shape index (κ3) is 5.30. The van der Waals surface area contributed by atoms with Gasteiger partial charge < -0.3 is 4.42 Å². The van der Waals surface area contributed by atoms with Crippen molar-refractivity contribution in [2.24, 2.45) is 10.2 Å². The van der Waals surface area contributed by atoms with Gasteiger partial charge in [0.1, 0.15) is 5.76 Å². The van der Waals surface area contributed by atoms with Crippen molar-refractivity contribution in [2.75, 3.05) is 0 Å².